The molecule has 1 aromatic carbocycles. The Bertz CT molecular complexity index is 841. The Labute approximate surface area is 153 Å². The fourth-order valence-corrected chi connectivity index (χ4v) is 3.75. The zero-order valence-corrected chi connectivity index (χ0v) is 14.8. The van der Waals surface area contributed by atoms with Crippen LogP contribution in [0.5, 0.6) is 0 Å². The van der Waals surface area contributed by atoms with Gasteiger partial charge in [-0.1, -0.05) is 12.1 Å². The van der Waals surface area contributed by atoms with Gasteiger partial charge in [-0.25, -0.2) is 4.98 Å². The Hall–Kier alpha value is -2.69. The van der Waals surface area contributed by atoms with Crippen molar-refractivity contribution in [2.75, 3.05) is 18.4 Å². The number of carbonyl (C=O) groups is 2. The first-order valence-electron chi connectivity index (χ1n) is 9.40. The van der Waals surface area contributed by atoms with Crippen LogP contribution < -0.4 is 5.32 Å². The Kier molecular flexibility index (Phi) is 4.69. The summed E-state index contributed by atoms with van der Waals surface area (Å²) in [6.45, 7) is 1.60. The maximum Gasteiger partial charge on any atom is 0.256 e. The van der Waals surface area contributed by atoms with Crippen molar-refractivity contribution in [3.63, 3.8) is 0 Å². The molecule has 0 unspecified atom stereocenters. The smallest absolute Gasteiger partial charge is 0.256 e. The molecule has 1 fully saturated rings. The fourth-order valence-electron chi connectivity index (χ4n) is 3.75. The fraction of sp³-hybridized carbons (Fsp3) is 0.381. The lowest BCUT2D eigenvalue weighted by Crippen LogP contribution is -2.35. The van der Waals surface area contributed by atoms with Crippen molar-refractivity contribution in [2.45, 2.75) is 38.5 Å². The number of anilines is 1. The molecular weight excluding hydrogens is 326 g/mol. The molecule has 0 saturated carbocycles. The van der Waals surface area contributed by atoms with Gasteiger partial charge in [0.15, 0.2) is 0 Å². The molecule has 5 nitrogen and oxygen atoms in total. The normalized spacial score (nSPS) is 16.2. The number of benzene rings is 1. The minimum absolute atomic E-state index is 0.00926. The highest BCUT2D eigenvalue weighted by atomic mass is 16.2. The molecule has 26 heavy (non-hydrogen) atoms. The molecule has 0 radical (unpaired) electrons. The number of amides is 2. The summed E-state index contributed by atoms with van der Waals surface area (Å²) < 4.78 is 0. The van der Waals surface area contributed by atoms with Gasteiger partial charge in [-0.15, -0.1) is 0 Å². The van der Waals surface area contributed by atoms with E-state index < -0.39 is 0 Å². The maximum atomic E-state index is 12.6. The molecule has 2 heterocycles. The topological polar surface area (TPSA) is 62.3 Å². The van der Waals surface area contributed by atoms with Crippen LogP contribution in [0.2, 0.25) is 0 Å². The molecule has 2 aliphatic rings. The number of aryl methyl sites for hydroxylation is 2. The van der Waals surface area contributed by atoms with Crippen molar-refractivity contribution in [2.24, 2.45) is 0 Å². The van der Waals surface area contributed by atoms with Crippen LogP contribution in [0.15, 0.2) is 36.4 Å². The molecule has 134 valence electrons. The molecule has 0 bridgehead atoms. The minimum atomic E-state index is -0.233. The number of aromatic nitrogens is 1. The Morgan fingerprint density at radius 2 is 1.73 bits per heavy atom. The second-order valence-corrected chi connectivity index (χ2v) is 7.04. The van der Waals surface area contributed by atoms with Crippen LogP contribution in [0.1, 0.15) is 57.7 Å². The van der Waals surface area contributed by atoms with Gasteiger partial charge >= 0.3 is 0 Å². The molecule has 1 aliphatic heterocycles. The van der Waals surface area contributed by atoms with Gasteiger partial charge in [0.25, 0.3) is 11.8 Å². The number of nitrogens with one attached hydrogen (secondary N) is 1. The van der Waals surface area contributed by atoms with Crippen LogP contribution in [0.25, 0.3) is 0 Å². The van der Waals surface area contributed by atoms with Gasteiger partial charge in [-0.05, 0) is 68.4 Å². The van der Waals surface area contributed by atoms with Crippen molar-refractivity contribution in [3.8, 4) is 0 Å². The average molecular weight is 349 g/mol. The standard InChI is InChI=1S/C21H23N3O2/c25-20(23-19-11-10-15-6-5-9-18(15)22-19)16-7-4-8-17(14-16)21(26)24-12-2-1-3-13-24/h4,7-8,10-11,14H,1-3,5-6,9,12-13H2,(H,22,23,25). The predicted molar refractivity (Wildman–Crippen MR) is 100 cm³/mol. The number of pyridine rings is 1. The van der Waals surface area contributed by atoms with Crippen molar-refractivity contribution in [3.05, 3.63) is 58.8 Å². The molecule has 1 N–H and O–H groups in total. The van der Waals surface area contributed by atoms with Crippen LogP contribution in [-0.4, -0.2) is 34.8 Å². The van der Waals surface area contributed by atoms with E-state index in [9.17, 15) is 9.59 Å². The molecule has 5 heteroatoms. The first-order valence-corrected chi connectivity index (χ1v) is 9.40. The largest absolute Gasteiger partial charge is 0.339 e. The number of likely N-dealkylation sites (tertiary alicyclic amines) is 1. The summed E-state index contributed by atoms with van der Waals surface area (Å²) in [5, 5.41) is 2.86. The van der Waals surface area contributed by atoms with Gasteiger partial charge in [-0.3, -0.25) is 9.59 Å². The van der Waals surface area contributed by atoms with Crippen LogP contribution >= 0.6 is 0 Å². The van der Waals surface area contributed by atoms with Crippen LogP contribution in [0, 0.1) is 0 Å². The lowest BCUT2D eigenvalue weighted by Gasteiger charge is -2.26. The number of piperidine rings is 1. The Balaban J connectivity index is 1.48. The summed E-state index contributed by atoms with van der Waals surface area (Å²) >= 11 is 0. The zero-order valence-electron chi connectivity index (χ0n) is 14.8. The average Bonchev–Trinajstić information content (AvgIpc) is 3.16. The van der Waals surface area contributed by atoms with Crippen molar-refractivity contribution in [1.29, 1.82) is 0 Å². The molecule has 2 aromatic rings. The van der Waals surface area contributed by atoms with Crippen LogP contribution in [-0.2, 0) is 12.8 Å². The van der Waals surface area contributed by atoms with E-state index in [0.717, 1.165) is 50.9 Å². The summed E-state index contributed by atoms with van der Waals surface area (Å²) in [7, 11) is 0. The lowest BCUT2D eigenvalue weighted by atomic mass is 10.1. The number of nitrogens with zero attached hydrogens (tertiary/aromatic N) is 2. The molecule has 1 aliphatic carbocycles. The first kappa shape index (κ1) is 16.8. The second-order valence-electron chi connectivity index (χ2n) is 7.04. The number of fused-ring (bicyclic) bond motifs is 1. The van der Waals surface area contributed by atoms with E-state index >= 15 is 0 Å². The molecule has 1 saturated heterocycles. The maximum absolute atomic E-state index is 12.6. The van der Waals surface area contributed by atoms with E-state index in [1.54, 1.807) is 24.3 Å². The second kappa shape index (κ2) is 7.28. The highest BCUT2D eigenvalue weighted by molar-refractivity contribution is 6.05. The van der Waals surface area contributed by atoms with E-state index in [2.05, 4.69) is 10.3 Å². The van der Waals surface area contributed by atoms with Crippen LogP contribution in [0.3, 0.4) is 0 Å². The number of hydrogen-bond donors (Lipinski definition) is 1. The van der Waals surface area contributed by atoms with Gasteiger partial charge in [0, 0.05) is 29.9 Å². The van der Waals surface area contributed by atoms with E-state index in [1.807, 2.05) is 17.0 Å². The molecule has 2 amide bonds. The quantitative estimate of drug-likeness (QED) is 0.923. The predicted octanol–water partition coefficient (Wildman–Crippen LogP) is 3.45. The van der Waals surface area contributed by atoms with Gasteiger partial charge < -0.3 is 10.2 Å². The summed E-state index contributed by atoms with van der Waals surface area (Å²) in [6.07, 6.45) is 6.45. The number of hydrogen-bond acceptors (Lipinski definition) is 3. The summed E-state index contributed by atoms with van der Waals surface area (Å²) in [5.74, 6) is 0.349. The highest BCUT2D eigenvalue weighted by Crippen LogP contribution is 2.22. The third-order valence-electron chi connectivity index (χ3n) is 5.18. The first-order chi connectivity index (χ1) is 12.7. The minimum Gasteiger partial charge on any atom is -0.339 e. The Morgan fingerprint density at radius 1 is 0.923 bits per heavy atom. The molecule has 1 aromatic heterocycles. The zero-order chi connectivity index (χ0) is 17.9. The molecule has 0 spiro atoms. The third kappa shape index (κ3) is 3.47. The SMILES string of the molecule is O=C(Nc1ccc2c(n1)CCC2)c1cccc(C(=O)N2CCCCC2)c1. The van der Waals surface area contributed by atoms with Crippen molar-refractivity contribution in [1.82, 2.24) is 9.88 Å². The molecular formula is C21H23N3O2. The van der Waals surface area contributed by atoms with Gasteiger partial charge in [-0.2, -0.15) is 0 Å². The molecule has 4 rings (SSSR count). The van der Waals surface area contributed by atoms with E-state index in [1.165, 1.54) is 12.0 Å². The van der Waals surface area contributed by atoms with E-state index in [0.29, 0.717) is 16.9 Å². The van der Waals surface area contributed by atoms with E-state index in [4.69, 9.17) is 0 Å². The van der Waals surface area contributed by atoms with E-state index in [-0.39, 0.29) is 11.8 Å². The van der Waals surface area contributed by atoms with Gasteiger partial charge in [0.2, 0.25) is 0 Å². The number of rotatable bonds is 3. The monoisotopic (exact) mass is 349 g/mol. The van der Waals surface area contributed by atoms with Gasteiger partial charge in [0.1, 0.15) is 5.82 Å². The van der Waals surface area contributed by atoms with Gasteiger partial charge in [0.05, 0.1) is 0 Å². The third-order valence-corrected chi connectivity index (χ3v) is 5.18. The highest BCUT2D eigenvalue weighted by Gasteiger charge is 2.19. The summed E-state index contributed by atoms with van der Waals surface area (Å²) in [4.78, 5) is 31.7. The molecule has 0 atom stereocenters. The summed E-state index contributed by atoms with van der Waals surface area (Å²) in [5.41, 5.74) is 3.41. The summed E-state index contributed by atoms with van der Waals surface area (Å²) in [6, 6.07) is 10.9. The lowest BCUT2D eigenvalue weighted by molar-refractivity contribution is 0.0724. The van der Waals surface area contributed by atoms with Crippen molar-refractivity contribution < 1.29 is 9.59 Å². The van der Waals surface area contributed by atoms with Crippen LogP contribution in [0.4, 0.5) is 5.82 Å². The Morgan fingerprint density at radius 3 is 2.58 bits per heavy atom. The van der Waals surface area contributed by atoms with Crippen molar-refractivity contribution >= 4 is 17.6 Å². The number of carbonyl (C=O) groups excluding carboxylic acids is 2.